The van der Waals surface area contributed by atoms with Gasteiger partial charge < -0.3 is 0 Å². The predicted octanol–water partition coefficient (Wildman–Crippen LogP) is 1.22. The van der Waals surface area contributed by atoms with E-state index in [1.165, 1.54) is 16.8 Å². The Kier molecular flexibility index (Phi) is 2.83. The lowest BCUT2D eigenvalue weighted by Gasteiger charge is -1.98. The van der Waals surface area contributed by atoms with Gasteiger partial charge in [0.05, 0.1) is 5.56 Å². The van der Waals surface area contributed by atoms with Gasteiger partial charge in [0, 0.05) is 11.8 Å². The van der Waals surface area contributed by atoms with Crippen molar-refractivity contribution in [2.45, 2.75) is 6.92 Å². The van der Waals surface area contributed by atoms with E-state index < -0.39 is 0 Å². The minimum absolute atomic E-state index is 0.201. The molecule has 0 bridgehead atoms. The van der Waals surface area contributed by atoms with Crippen molar-refractivity contribution < 1.29 is 0 Å². The highest BCUT2D eigenvalue weighted by molar-refractivity contribution is 5.65. The molecule has 2 N–H and O–H groups in total. The Morgan fingerprint density at radius 3 is 2.45 bits per heavy atom. The summed E-state index contributed by atoms with van der Waals surface area (Å²) in [7, 11) is 0. The highest BCUT2D eigenvalue weighted by atomic mass is 16.1. The second-order valence-electron chi connectivity index (χ2n) is 4.40. The smallest absolute Gasteiger partial charge is 0.280 e. The van der Waals surface area contributed by atoms with Crippen molar-refractivity contribution in [2.75, 3.05) is 0 Å². The SMILES string of the molecule is Cc1[nH]n(-c2ccc(=O)[nH]n2)c(=O)c1-c1ccccc1. The molecule has 0 aliphatic rings. The lowest BCUT2D eigenvalue weighted by molar-refractivity contribution is 0.776. The molecule has 0 saturated heterocycles. The molecule has 0 amide bonds. The van der Waals surface area contributed by atoms with Gasteiger partial charge >= 0.3 is 0 Å². The van der Waals surface area contributed by atoms with Gasteiger partial charge in [-0.15, -0.1) is 0 Å². The van der Waals surface area contributed by atoms with E-state index in [1.807, 2.05) is 37.3 Å². The molecule has 0 aliphatic heterocycles. The highest BCUT2D eigenvalue weighted by Crippen LogP contribution is 2.18. The summed E-state index contributed by atoms with van der Waals surface area (Å²) in [6, 6.07) is 12.2. The van der Waals surface area contributed by atoms with Crippen LogP contribution < -0.4 is 11.1 Å². The van der Waals surface area contributed by atoms with Crippen LogP contribution in [0.1, 0.15) is 5.69 Å². The molecule has 1 aromatic carbocycles. The first-order chi connectivity index (χ1) is 9.66. The Bertz CT molecular complexity index is 838. The maximum atomic E-state index is 12.5. The van der Waals surface area contributed by atoms with E-state index in [1.54, 1.807) is 0 Å². The third-order valence-corrected chi connectivity index (χ3v) is 3.03. The first-order valence-corrected chi connectivity index (χ1v) is 6.10. The second kappa shape index (κ2) is 4.65. The number of aromatic amines is 2. The third-order valence-electron chi connectivity index (χ3n) is 3.03. The molecule has 3 rings (SSSR count). The number of hydrogen-bond donors (Lipinski definition) is 2. The average Bonchev–Trinajstić information content (AvgIpc) is 2.76. The van der Waals surface area contributed by atoms with Crippen LogP contribution in [0.4, 0.5) is 0 Å². The van der Waals surface area contributed by atoms with Crippen LogP contribution >= 0.6 is 0 Å². The van der Waals surface area contributed by atoms with Crippen molar-refractivity contribution in [2.24, 2.45) is 0 Å². The molecule has 0 fully saturated rings. The fourth-order valence-corrected chi connectivity index (χ4v) is 2.11. The minimum atomic E-state index is -0.312. The number of nitrogens with zero attached hydrogens (tertiary/aromatic N) is 2. The maximum absolute atomic E-state index is 12.5. The number of rotatable bonds is 2. The Morgan fingerprint density at radius 1 is 1.05 bits per heavy atom. The van der Waals surface area contributed by atoms with Gasteiger partial charge in [-0.1, -0.05) is 30.3 Å². The average molecular weight is 268 g/mol. The zero-order valence-electron chi connectivity index (χ0n) is 10.8. The lowest BCUT2D eigenvalue weighted by atomic mass is 10.1. The summed E-state index contributed by atoms with van der Waals surface area (Å²) in [6.07, 6.45) is 0. The van der Waals surface area contributed by atoms with Crippen LogP contribution in [0.15, 0.2) is 52.1 Å². The van der Waals surface area contributed by atoms with Crippen LogP contribution in [0.3, 0.4) is 0 Å². The summed E-state index contributed by atoms with van der Waals surface area (Å²) in [5.41, 5.74) is 1.67. The standard InChI is InChI=1S/C14H12N4O2/c1-9-13(10-5-3-2-4-6-10)14(20)18(17-9)11-7-8-12(19)16-15-11/h2-8,17H,1H3,(H,16,19). The summed E-state index contributed by atoms with van der Waals surface area (Å²) in [5, 5.41) is 9.13. The van der Waals surface area contributed by atoms with Crippen molar-refractivity contribution in [1.29, 1.82) is 0 Å². The first kappa shape index (κ1) is 12.2. The zero-order chi connectivity index (χ0) is 14.1. The van der Waals surface area contributed by atoms with Crippen LogP contribution in [-0.4, -0.2) is 20.0 Å². The molecule has 0 unspecified atom stereocenters. The van der Waals surface area contributed by atoms with E-state index in [2.05, 4.69) is 15.3 Å². The first-order valence-electron chi connectivity index (χ1n) is 6.10. The monoisotopic (exact) mass is 268 g/mol. The van der Waals surface area contributed by atoms with Crippen LogP contribution in [0.25, 0.3) is 16.9 Å². The van der Waals surface area contributed by atoms with Crippen molar-refractivity contribution in [1.82, 2.24) is 20.0 Å². The molecule has 0 spiro atoms. The fourth-order valence-electron chi connectivity index (χ4n) is 2.11. The predicted molar refractivity (Wildman–Crippen MR) is 75.0 cm³/mol. The van der Waals surface area contributed by atoms with E-state index in [0.717, 1.165) is 11.3 Å². The van der Waals surface area contributed by atoms with Gasteiger partial charge in [-0.25, -0.2) is 5.10 Å². The highest BCUT2D eigenvalue weighted by Gasteiger charge is 2.14. The van der Waals surface area contributed by atoms with Gasteiger partial charge in [-0.3, -0.25) is 14.7 Å². The summed E-state index contributed by atoms with van der Waals surface area (Å²) >= 11 is 0. The largest absolute Gasteiger partial charge is 0.293 e. The molecular weight excluding hydrogens is 256 g/mol. The Labute approximate surface area is 113 Å². The molecule has 2 aromatic heterocycles. The van der Waals surface area contributed by atoms with Crippen LogP contribution in [0.5, 0.6) is 0 Å². The Balaban J connectivity index is 2.19. The normalized spacial score (nSPS) is 10.7. The molecule has 20 heavy (non-hydrogen) atoms. The van der Waals surface area contributed by atoms with Gasteiger partial charge in [-0.2, -0.15) is 9.78 Å². The summed E-state index contributed by atoms with van der Waals surface area (Å²) in [4.78, 5) is 23.5. The van der Waals surface area contributed by atoms with Gasteiger partial charge in [0.1, 0.15) is 0 Å². The molecule has 2 heterocycles. The maximum Gasteiger partial charge on any atom is 0.280 e. The van der Waals surface area contributed by atoms with Crippen molar-refractivity contribution in [3.63, 3.8) is 0 Å². The second-order valence-corrected chi connectivity index (χ2v) is 4.40. The fraction of sp³-hybridized carbons (Fsp3) is 0.0714. The Morgan fingerprint density at radius 2 is 1.80 bits per heavy atom. The quantitative estimate of drug-likeness (QED) is 0.733. The van der Waals surface area contributed by atoms with Crippen molar-refractivity contribution >= 4 is 0 Å². The van der Waals surface area contributed by atoms with Crippen molar-refractivity contribution in [3.8, 4) is 16.9 Å². The lowest BCUT2D eigenvalue weighted by Crippen LogP contribution is -2.19. The number of benzene rings is 1. The van der Waals surface area contributed by atoms with E-state index in [9.17, 15) is 9.59 Å². The molecule has 0 aliphatic carbocycles. The Hall–Kier alpha value is -2.89. The van der Waals surface area contributed by atoms with Crippen molar-refractivity contribution in [3.05, 3.63) is 68.9 Å². The summed E-state index contributed by atoms with van der Waals surface area (Å²) in [6.45, 7) is 1.83. The topological polar surface area (TPSA) is 83.5 Å². The van der Waals surface area contributed by atoms with E-state index in [0.29, 0.717) is 11.4 Å². The molecule has 3 aromatic rings. The van der Waals surface area contributed by atoms with Crippen LogP contribution in [0, 0.1) is 6.92 Å². The van der Waals surface area contributed by atoms with Gasteiger partial charge in [0.2, 0.25) is 0 Å². The number of H-pyrrole nitrogens is 2. The molecule has 100 valence electrons. The minimum Gasteiger partial charge on any atom is -0.293 e. The molecule has 0 atom stereocenters. The third kappa shape index (κ3) is 1.97. The molecule has 0 radical (unpaired) electrons. The molecule has 6 nitrogen and oxygen atoms in total. The molecule has 0 saturated carbocycles. The van der Waals surface area contributed by atoms with Crippen LogP contribution in [0.2, 0.25) is 0 Å². The molecular formula is C14H12N4O2. The molecule has 6 heteroatoms. The summed E-state index contributed by atoms with van der Waals surface area (Å²) < 4.78 is 1.31. The van der Waals surface area contributed by atoms with Crippen LogP contribution in [-0.2, 0) is 0 Å². The summed E-state index contributed by atoms with van der Waals surface area (Å²) in [5.74, 6) is 0.347. The van der Waals surface area contributed by atoms with Gasteiger partial charge in [-0.05, 0) is 18.6 Å². The van der Waals surface area contributed by atoms with E-state index in [-0.39, 0.29) is 11.1 Å². The van der Waals surface area contributed by atoms with E-state index in [4.69, 9.17) is 0 Å². The van der Waals surface area contributed by atoms with Gasteiger partial charge in [0.25, 0.3) is 11.1 Å². The number of nitrogens with one attached hydrogen (secondary N) is 2. The van der Waals surface area contributed by atoms with E-state index >= 15 is 0 Å². The zero-order valence-corrected chi connectivity index (χ0v) is 10.8. The number of aromatic nitrogens is 4. The number of aryl methyl sites for hydroxylation is 1. The number of hydrogen-bond acceptors (Lipinski definition) is 3. The van der Waals surface area contributed by atoms with Gasteiger partial charge in [0.15, 0.2) is 5.82 Å².